The van der Waals surface area contributed by atoms with Gasteiger partial charge < -0.3 is 19.3 Å². The van der Waals surface area contributed by atoms with Crippen LogP contribution in [0.15, 0.2) is 54.6 Å². The lowest BCUT2D eigenvalue weighted by Gasteiger charge is -2.51. The first kappa shape index (κ1) is 24.5. The molecule has 0 radical (unpaired) electrons. The number of hydrogen-bond acceptors (Lipinski definition) is 8. The molecular weight excluding hydrogens is 497 g/mol. The Bertz CT molecular complexity index is 1390. The number of ether oxygens (including phenoxy) is 3. The topological polar surface area (TPSA) is 119 Å². The molecule has 1 saturated carbocycles. The minimum Gasteiger partial charge on any atom is -0.461 e. The molecule has 1 aliphatic carbocycles. The summed E-state index contributed by atoms with van der Waals surface area (Å²) in [5, 5.41) is 12.6. The monoisotopic (exact) mass is 523 g/mol. The lowest BCUT2D eigenvalue weighted by atomic mass is 9.52. The predicted molar refractivity (Wildman–Crippen MR) is 128 cm³/mol. The van der Waals surface area contributed by atoms with E-state index in [1.54, 1.807) is 39.0 Å². The Labute approximate surface area is 217 Å². The number of halogens is 1. The molecule has 1 amide bonds. The van der Waals surface area contributed by atoms with Crippen molar-refractivity contribution in [1.29, 1.82) is 0 Å². The number of esters is 3. The number of carbonyl (C=O) groups is 4. The number of rotatable bonds is 3. The molecule has 2 aromatic rings. The maximum atomic E-state index is 15.1. The molecule has 3 saturated heterocycles. The Morgan fingerprint density at radius 3 is 2.37 bits per heavy atom. The summed E-state index contributed by atoms with van der Waals surface area (Å²) in [7, 11) is 0. The molecule has 3 heterocycles. The number of hydrogen-bond donors (Lipinski definition) is 1. The van der Waals surface area contributed by atoms with Crippen molar-refractivity contribution in [2.75, 3.05) is 4.90 Å². The van der Waals surface area contributed by atoms with Gasteiger partial charge in [-0.3, -0.25) is 19.3 Å². The fourth-order valence-corrected chi connectivity index (χ4v) is 7.16. The van der Waals surface area contributed by atoms with Gasteiger partial charge in [-0.15, -0.1) is 0 Å². The summed E-state index contributed by atoms with van der Waals surface area (Å²) in [5.74, 6) is -4.11. The van der Waals surface area contributed by atoms with Crippen LogP contribution in [0.25, 0.3) is 0 Å². The van der Waals surface area contributed by atoms with Gasteiger partial charge in [-0.2, -0.15) is 0 Å². The Morgan fingerprint density at radius 1 is 1.05 bits per heavy atom. The van der Waals surface area contributed by atoms with Crippen molar-refractivity contribution in [3.05, 3.63) is 66.0 Å². The smallest absolute Gasteiger partial charge is 0.338 e. The molecule has 9 nitrogen and oxygen atoms in total. The number of carbonyl (C=O) groups excluding carboxylic acids is 4. The van der Waals surface area contributed by atoms with Crippen molar-refractivity contribution in [3.63, 3.8) is 0 Å². The molecule has 6 atom stereocenters. The minimum absolute atomic E-state index is 0.129. The largest absolute Gasteiger partial charge is 0.461 e. The summed E-state index contributed by atoms with van der Waals surface area (Å²) in [5.41, 5.74) is -6.88. The molecular formula is C28H26FNO8. The first-order chi connectivity index (χ1) is 17.9. The van der Waals surface area contributed by atoms with E-state index in [0.717, 1.165) is 11.0 Å². The molecule has 0 aromatic heterocycles. The third-order valence-electron chi connectivity index (χ3n) is 8.82. The highest BCUT2D eigenvalue weighted by molar-refractivity contribution is 6.07. The Hall–Kier alpha value is -3.79. The van der Waals surface area contributed by atoms with E-state index in [1.807, 2.05) is 0 Å². The fourth-order valence-electron chi connectivity index (χ4n) is 7.16. The molecule has 4 aliphatic rings. The van der Waals surface area contributed by atoms with Crippen LogP contribution in [0, 0.1) is 22.1 Å². The maximum Gasteiger partial charge on any atom is 0.338 e. The van der Waals surface area contributed by atoms with Crippen LogP contribution in [-0.2, 0) is 28.6 Å². The zero-order valence-electron chi connectivity index (χ0n) is 21.0. The molecule has 1 N–H and O–H groups in total. The lowest BCUT2D eigenvalue weighted by Crippen LogP contribution is -2.66. The molecule has 38 heavy (non-hydrogen) atoms. The van der Waals surface area contributed by atoms with E-state index in [9.17, 15) is 24.3 Å². The SMILES string of the molecule is CC(C)(C)[C@]1(O)C[C@@H]2OC(=O)C[C@@]23C(=O)O[C@@H]2N(c4ccccc4F)C(=O)[C@H](OC(=O)c4ccccc4)[C@]213. The average molecular weight is 524 g/mol. The number of anilines is 1. The molecule has 2 aromatic carbocycles. The zero-order valence-corrected chi connectivity index (χ0v) is 21.0. The second-order valence-electron chi connectivity index (χ2n) is 11.4. The molecule has 4 fully saturated rings. The molecule has 0 bridgehead atoms. The number of benzene rings is 2. The van der Waals surface area contributed by atoms with Crippen molar-refractivity contribution < 1.29 is 42.9 Å². The lowest BCUT2D eigenvalue weighted by molar-refractivity contribution is -0.204. The highest BCUT2D eigenvalue weighted by atomic mass is 19.1. The van der Waals surface area contributed by atoms with E-state index >= 15 is 4.39 Å². The van der Waals surface area contributed by atoms with Crippen molar-refractivity contribution in [1.82, 2.24) is 0 Å². The molecule has 3 aliphatic heterocycles. The third-order valence-corrected chi connectivity index (χ3v) is 8.82. The standard InChI is InChI=1S/C28H26FNO8/c1-25(2,3)27(35)13-18-26(14-19(31)36-18)24(34)38-23-28(26,27)20(37-22(33)15-9-5-4-6-10-15)21(32)30(23)17-12-8-7-11-16(17)29/h4-12,18,20,23,35H,13-14H2,1-3H3/t18-,20-,23-,26-,27+,28+/m0/s1. The summed E-state index contributed by atoms with van der Waals surface area (Å²) in [6.07, 6.45) is -5.19. The van der Waals surface area contributed by atoms with Gasteiger partial charge in [0.1, 0.15) is 22.8 Å². The summed E-state index contributed by atoms with van der Waals surface area (Å²) in [4.78, 5) is 54.9. The normalized spacial score (nSPS) is 35.4. The quantitative estimate of drug-likeness (QED) is 0.482. The highest BCUT2D eigenvalue weighted by Gasteiger charge is 2.94. The number of amides is 1. The van der Waals surface area contributed by atoms with Gasteiger partial charge in [-0.1, -0.05) is 51.1 Å². The molecule has 0 unspecified atom stereocenters. The Morgan fingerprint density at radius 2 is 1.71 bits per heavy atom. The summed E-state index contributed by atoms with van der Waals surface area (Å²) in [6, 6.07) is 13.3. The molecule has 6 rings (SSSR count). The van der Waals surface area contributed by atoms with Crippen LogP contribution >= 0.6 is 0 Å². The van der Waals surface area contributed by atoms with E-state index < -0.39 is 76.3 Å². The number of para-hydroxylation sites is 1. The van der Waals surface area contributed by atoms with Crippen LogP contribution in [0.1, 0.15) is 44.0 Å². The van der Waals surface area contributed by atoms with Gasteiger partial charge >= 0.3 is 17.9 Å². The minimum atomic E-state index is -1.99. The van der Waals surface area contributed by atoms with E-state index in [4.69, 9.17) is 14.2 Å². The second-order valence-corrected chi connectivity index (χ2v) is 11.4. The molecule has 198 valence electrons. The maximum absolute atomic E-state index is 15.1. The van der Waals surface area contributed by atoms with Crippen molar-refractivity contribution in [2.45, 2.75) is 57.6 Å². The van der Waals surface area contributed by atoms with Gasteiger partial charge in [0.25, 0.3) is 5.91 Å². The van der Waals surface area contributed by atoms with E-state index in [0.29, 0.717) is 0 Å². The third kappa shape index (κ3) is 2.68. The van der Waals surface area contributed by atoms with Crippen LogP contribution < -0.4 is 4.90 Å². The van der Waals surface area contributed by atoms with Gasteiger partial charge in [-0.25, -0.2) is 9.18 Å². The summed E-state index contributed by atoms with van der Waals surface area (Å²) >= 11 is 0. The number of nitrogens with zero attached hydrogens (tertiary/aromatic N) is 1. The fraction of sp³-hybridized carbons (Fsp3) is 0.429. The van der Waals surface area contributed by atoms with Crippen molar-refractivity contribution in [3.8, 4) is 0 Å². The van der Waals surface area contributed by atoms with Gasteiger partial charge in [0, 0.05) is 6.42 Å². The van der Waals surface area contributed by atoms with Gasteiger partial charge in [-0.05, 0) is 29.7 Å². The van der Waals surface area contributed by atoms with Crippen LogP contribution in [0.3, 0.4) is 0 Å². The molecule has 10 heteroatoms. The Balaban J connectivity index is 1.63. The first-order valence-corrected chi connectivity index (χ1v) is 12.4. The van der Waals surface area contributed by atoms with Crippen LogP contribution in [-0.4, -0.2) is 53.0 Å². The van der Waals surface area contributed by atoms with Gasteiger partial charge in [0.2, 0.25) is 0 Å². The van der Waals surface area contributed by atoms with Crippen LogP contribution in [0.2, 0.25) is 0 Å². The van der Waals surface area contributed by atoms with E-state index in [1.165, 1.54) is 30.3 Å². The first-order valence-electron chi connectivity index (χ1n) is 12.4. The average Bonchev–Trinajstić information content (AvgIpc) is 3.47. The highest BCUT2D eigenvalue weighted by Crippen LogP contribution is 2.76. The van der Waals surface area contributed by atoms with Crippen molar-refractivity contribution in [2.24, 2.45) is 16.2 Å². The van der Waals surface area contributed by atoms with Crippen LogP contribution in [0.4, 0.5) is 10.1 Å². The van der Waals surface area contributed by atoms with E-state index in [-0.39, 0.29) is 17.7 Å². The predicted octanol–water partition coefficient (Wildman–Crippen LogP) is 2.75. The van der Waals surface area contributed by atoms with Crippen molar-refractivity contribution >= 4 is 29.5 Å². The van der Waals surface area contributed by atoms with Crippen LogP contribution in [0.5, 0.6) is 0 Å². The van der Waals surface area contributed by atoms with E-state index in [2.05, 4.69) is 0 Å². The molecule has 2 spiro atoms. The van der Waals surface area contributed by atoms with Gasteiger partial charge in [0.15, 0.2) is 12.3 Å². The zero-order chi connectivity index (χ0) is 27.3. The van der Waals surface area contributed by atoms with Gasteiger partial charge in [0.05, 0.1) is 23.3 Å². The Kier molecular flexibility index (Phi) is 4.93. The summed E-state index contributed by atoms with van der Waals surface area (Å²) in [6.45, 7) is 5.14. The number of aliphatic hydroxyl groups is 1. The second kappa shape index (κ2) is 7.63. The summed E-state index contributed by atoms with van der Waals surface area (Å²) < 4.78 is 32.4.